The first-order valence-electron chi connectivity index (χ1n) is 8.22. The molecule has 0 saturated carbocycles. The number of carbonyl (C=O) groups is 1. The summed E-state index contributed by atoms with van der Waals surface area (Å²) in [7, 11) is 0. The van der Waals surface area contributed by atoms with Crippen molar-refractivity contribution in [2.45, 2.75) is 20.3 Å². The summed E-state index contributed by atoms with van der Waals surface area (Å²) in [6.07, 6.45) is 0.248. The average Bonchev–Trinajstić information content (AvgIpc) is 3.01. The van der Waals surface area contributed by atoms with Crippen molar-refractivity contribution in [1.29, 1.82) is 0 Å². The zero-order valence-corrected chi connectivity index (χ0v) is 15.6. The lowest BCUT2D eigenvalue weighted by atomic mass is 10.1. The van der Waals surface area contributed by atoms with Gasteiger partial charge in [0.15, 0.2) is 11.5 Å². The molecule has 2 aromatic rings. The molecule has 0 spiro atoms. The summed E-state index contributed by atoms with van der Waals surface area (Å²) >= 11 is 0. The van der Waals surface area contributed by atoms with Crippen LogP contribution in [0.5, 0.6) is 17.2 Å². The lowest BCUT2D eigenvalue weighted by Crippen LogP contribution is -2.15. The van der Waals surface area contributed by atoms with Crippen LogP contribution in [-0.4, -0.2) is 19.3 Å². The van der Waals surface area contributed by atoms with Gasteiger partial charge in [-0.05, 0) is 23.6 Å². The van der Waals surface area contributed by atoms with Gasteiger partial charge in [-0.3, -0.25) is 4.79 Å². The molecule has 0 bridgehead atoms. The Morgan fingerprint density at radius 3 is 2.50 bits per heavy atom. The molecular weight excluding hydrogens is 356 g/mol. The second-order valence-corrected chi connectivity index (χ2v) is 6.37. The Labute approximate surface area is 159 Å². The summed E-state index contributed by atoms with van der Waals surface area (Å²) < 4.78 is 16.2. The number of halogens is 1. The fraction of sp³-hybridized carbons (Fsp3) is 0.316. The van der Waals surface area contributed by atoms with Crippen molar-refractivity contribution in [2.24, 2.45) is 5.92 Å². The van der Waals surface area contributed by atoms with E-state index in [4.69, 9.17) is 19.9 Å². The van der Waals surface area contributed by atoms with Crippen LogP contribution < -0.4 is 25.3 Å². The van der Waals surface area contributed by atoms with E-state index in [0.717, 1.165) is 11.3 Å². The first-order chi connectivity index (χ1) is 12.0. The summed E-state index contributed by atoms with van der Waals surface area (Å²) in [4.78, 5) is 12.3. The number of nitrogens with one attached hydrogen (secondary N) is 1. The van der Waals surface area contributed by atoms with Crippen molar-refractivity contribution < 1.29 is 19.0 Å². The standard InChI is InChI=1S/C19H22N2O4.ClH/c1-12(2)10-23-14-5-3-13(4-6-14)7-19(22)21-16-9-18-17(8-15(16)20)24-11-25-18;/h3-6,8-9,12H,7,10-11,20H2,1-2H3,(H,21,22);1H. The molecule has 0 aromatic heterocycles. The molecule has 3 rings (SSSR count). The fourth-order valence-electron chi connectivity index (χ4n) is 2.41. The number of ether oxygens (including phenoxy) is 3. The highest BCUT2D eigenvalue weighted by atomic mass is 35.5. The number of nitrogen functional groups attached to an aromatic ring is 1. The van der Waals surface area contributed by atoms with E-state index in [1.807, 2.05) is 24.3 Å². The molecule has 0 saturated heterocycles. The van der Waals surface area contributed by atoms with Gasteiger partial charge in [0.1, 0.15) is 5.75 Å². The lowest BCUT2D eigenvalue weighted by Gasteiger charge is -2.11. The molecule has 1 aliphatic rings. The summed E-state index contributed by atoms with van der Waals surface area (Å²) in [6.45, 7) is 5.03. The first kappa shape index (κ1) is 19.7. The van der Waals surface area contributed by atoms with Gasteiger partial charge in [-0.25, -0.2) is 0 Å². The molecule has 2 aromatic carbocycles. The van der Waals surface area contributed by atoms with Crippen LogP contribution in [0.1, 0.15) is 19.4 Å². The molecule has 1 heterocycles. The molecule has 7 heteroatoms. The molecule has 1 aliphatic heterocycles. The largest absolute Gasteiger partial charge is 0.493 e. The summed E-state index contributed by atoms with van der Waals surface area (Å²) in [5.41, 5.74) is 7.80. The van der Waals surface area contributed by atoms with Gasteiger partial charge in [-0.15, -0.1) is 12.4 Å². The SMILES string of the molecule is CC(C)COc1ccc(CC(=O)Nc2cc3c(cc2N)OCO3)cc1.Cl. The lowest BCUT2D eigenvalue weighted by molar-refractivity contribution is -0.115. The van der Waals surface area contributed by atoms with Crippen molar-refractivity contribution in [1.82, 2.24) is 0 Å². The summed E-state index contributed by atoms with van der Waals surface area (Å²) in [5.74, 6) is 2.29. The van der Waals surface area contributed by atoms with E-state index in [2.05, 4.69) is 19.2 Å². The van der Waals surface area contributed by atoms with E-state index >= 15 is 0 Å². The van der Waals surface area contributed by atoms with Crippen molar-refractivity contribution >= 4 is 29.7 Å². The maximum absolute atomic E-state index is 12.3. The predicted molar refractivity (Wildman–Crippen MR) is 103 cm³/mol. The van der Waals surface area contributed by atoms with Crippen molar-refractivity contribution in [3.05, 3.63) is 42.0 Å². The van der Waals surface area contributed by atoms with Gasteiger partial charge < -0.3 is 25.3 Å². The summed E-state index contributed by atoms with van der Waals surface area (Å²) in [5, 5.41) is 2.81. The Morgan fingerprint density at radius 2 is 1.85 bits per heavy atom. The topological polar surface area (TPSA) is 82.8 Å². The molecule has 0 aliphatic carbocycles. The molecule has 0 radical (unpaired) electrons. The minimum atomic E-state index is -0.151. The third kappa shape index (κ3) is 4.95. The number of carbonyl (C=O) groups excluding carboxylic acids is 1. The number of hydrogen-bond acceptors (Lipinski definition) is 5. The maximum Gasteiger partial charge on any atom is 0.231 e. The minimum Gasteiger partial charge on any atom is -0.493 e. The van der Waals surface area contributed by atoms with Gasteiger partial charge in [0.25, 0.3) is 0 Å². The van der Waals surface area contributed by atoms with Crippen LogP contribution in [0.15, 0.2) is 36.4 Å². The smallest absolute Gasteiger partial charge is 0.231 e. The van der Waals surface area contributed by atoms with Crippen LogP contribution in [0.2, 0.25) is 0 Å². The number of nitrogens with two attached hydrogens (primary N) is 1. The van der Waals surface area contributed by atoms with Crippen LogP contribution in [0, 0.1) is 5.92 Å². The van der Waals surface area contributed by atoms with E-state index in [1.54, 1.807) is 12.1 Å². The Balaban J connectivity index is 0.00000243. The van der Waals surface area contributed by atoms with Crippen molar-refractivity contribution in [2.75, 3.05) is 24.5 Å². The normalized spacial score (nSPS) is 11.8. The molecular formula is C19H23ClN2O4. The van der Waals surface area contributed by atoms with Gasteiger partial charge in [-0.1, -0.05) is 26.0 Å². The molecule has 140 valence electrons. The maximum atomic E-state index is 12.3. The first-order valence-corrected chi connectivity index (χ1v) is 8.22. The van der Waals surface area contributed by atoms with Crippen LogP contribution >= 0.6 is 12.4 Å². The van der Waals surface area contributed by atoms with Gasteiger partial charge in [0.05, 0.1) is 24.4 Å². The van der Waals surface area contributed by atoms with Gasteiger partial charge in [0, 0.05) is 12.1 Å². The molecule has 26 heavy (non-hydrogen) atoms. The number of fused-ring (bicyclic) bond motifs is 1. The molecule has 6 nitrogen and oxygen atoms in total. The molecule has 0 fully saturated rings. The van der Waals surface area contributed by atoms with Crippen LogP contribution in [-0.2, 0) is 11.2 Å². The highest BCUT2D eigenvalue weighted by molar-refractivity contribution is 5.95. The number of amides is 1. The van der Waals surface area contributed by atoms with Crippen molar-refractivity contribution in [3.63, 3.8) is 0 Å². The third-order valence-corrected chi connectivity index (χ3v) is 3.69. The number of rotatable bonds is 6. The van der Waals surface area contributed by atoms with E-state index < -0.39 is 0 Å². The second-order valence-electron chi connectivity index (χ2n) is 6.37. The van der Waals surface area contributed by atoms with Crippen LogP contribution in [0.3, 0.4) is 0 Å². The molecule has 0 atom stereocenters. The minimum absolute atomic E-state index is 0. The number of benzene rings is 2. The average molecular weight is 379 g/mol. The zero-order valence-electron chi connectivity index (χ0n) is 14.8. The second kappa shape index (κ2) is 8.67. The summed E-state index contributed by atoms with van der Waals surface area (Å²) in [6, 6.07) is 10.9. The highest BCUT2D eigenvalue weighted by Crippen LogP contribution is 2.38. The van der Waals surface area contributed by atoms with Gasteiger partial charge >= 0.3 is 0 Å². The van der Waals surface area contributed by atoms with E-state index in [1.165, 1.54) is 0 Å². The van der Waals surface area contributed by atoms with Gasteiger partial charge in [0.2, 0.25) is 12.7 Å². The fourth-order valence-corrected chi connectivity index (χ4v) is 2.41. The Morgan fingerprint density at radius 1 is 1.19 bits per heavy atom. The van der Waals surface area contributed by atoms with Crippen molar-refractivity contribution in [3.8, 4) is 17.2 Å². The Bertz CT molecular complexity index is 763. The van der Waals surface area contributed by atoms with E-state index in [9.17, 15) is 4.79 Å². The number of hydrogen-bond donors (Lipinski definition) is 2. The zero-order chi connectivity index (χ0) is 17.8. The highest BCUT2D eigenvalue weighted by Gasteiger charge is 2.17. The Kier molecular flexibility index (Phi) is 6.58. The van der Waals surface area contributed by atoms with Gasteiger partial charge in [-0.2, -0.15) is 0 Å². The van der Waals surface area contributed by atoms with Crippen LogP contribution in [0.4, 0.5) is 11.4 Å². The molecule has 3 N–H and O–H groups in total. The Hall–Kier alpha value is -2.60. The van der Waals surface area contributed by atoms with Crippen LogP contribution in [0.25, 0.3) is 0 Å². The van der Waals surface area contributed by atoms with E-state index in [-0.39, 0.29) is 31.5 Å². The molecule has 1 amide bonds. The predicted octanol–water partition coefficient (Wildman–Crippen LogP) is 3.64. The number of anilines is 2. The third-order valence-electron chi connectivity index (χ3n) is 3.69. The monoisotopic (exact) mass is 378 g/mol. The quantitative estimate of drug-likeness (QED) is 0.750. The van der Waals surface area contributed by atoms with E-state index in [0.29, 0.717) is 35.4 Å². The molecule has 0 unspecified atom stereocenters.